The van der Waals surface area contributed by atoms with Crippen LogP contribution in [0.2, 0.25) is 0 Å². The van der Waals surface area contributed by atoms with Crippen molar-refractivity contribution in [1.29, 1.82) is 0 Å². The zero-order valence-corrected chi connectivity index (χ0v) is 22.9. The van der Waals surface area contributed by atoms with Crippen LogP contribution in [0.15, 0.2) is 69.1 Å². The first-order chi connectivity index (χ1) is 17.2. The van der Waals surface area contributed by atoms with Crippen molar-refractivity contribution in [3.8, 4) is 11.5 Å². The maximum absolute atomic E-state index is 13.2. The van der Waals surface area contributed by atoms with E-state index in [0.717, 1.165) is 26.1 Å². The molecule has 1 heterocycles. The van der Waals surface area contributed by atoms with Gasteiger partial charge in [-0.3, -0.25) is 14.9 Å². The summed E-state index contributed by atoms with van der Waals surface area (Å²) < 4.78 is 12.9. The van der Waals surface area contributed by atoms with Gasteiger partial charge in [-0.2, -0.15) is 0 Å². The quantitative estimate of drug-likeness (QED) is 0.269. The number of methoxy groups -OCH3 is 1. The second kappa shape index (κ2) is 10.7. The molecule has 4 rings (SSSR count). The topological polar surface area (TPSA) is 84.9 Å². The smallest absolute Gasteiger partial charge is 0.335 e. The van der Waals surface area contributed by atoms with Gasteiger partial charge in [-0.05, 0) is 83.4 Å². The lowest BCUT2D eigenvalue weighted by Gasteiger charge is -2.26. The Kier molecular flexibility index (Phi) is 7.61. The van der Waals surface area contributed by atoms with Gasteiger partial charge in [-0.1, -0.05) is 45.3 Å². The molecule has 4 amide bonds. The number of nitrogens with one attached hydrogen (secondary N) is 1. The number of benzene rings is 3. The minimum absolute atomic E-state index is 0.185. The highest BCUT2D eigenvalue weighted by atomic mass is 79.9. The lowest BCUT2D eigenvalue weighted by molar-refractivity contribution is -0.122. The molecule has 0 radical (unpaired) electrons. The highest BCUT2D eigenvalue weighted by Gasteiger charge is 2.36. The summed E-state index contributed by atoms with van der Waals surface area (Å²) in [5.74, 6) is -0.588. The summed E-state index contributed by atoms with van der Waals surface area (Å²) in [5.41, 5.74) is 3.99. The zero-order chi connectivity index (χ0) is 26.0. The van der Waals surface area contributed by atoms with Crippen LogP contribution in [0.5, 0.6) is 11.5 Å². The van der Waals surface area contributed by atoms with E-state index in [2.05, 4.69) is 55.4 Å². The number of carbonyl (C=O) groups is 3. The number of nitrogens with zero attached hydrogens (tertiary/aromatic N) is 1. The molecule has 1 aliphatic heterocycles. The number of aryl methyl sites for hydroxylation is 2. The van der Waals surface area contributed by atoms with Gasteiger partial charge in [0.1, 0.15) is 12.2 Å². The highest BCUT2D eigenvalue weighted by molar-refractivity contribution is 9.10. The summed E-state index contributed by atoms with van der Waals surface area (Å²) in [4.78, 5) is 39.0. The molecule has 184 valence electrons. The van der Waals surface area contributed by atoms with Crippen molar-refractivity contribution in [1.82, 2.24) is 5.32 Å². The van der Waals surface area contributed by atoms with E-state index < -0.39 is 17.8 Å². The Morgan fingerprint density at radius 2 is 1.61 bits per heavy atom. The monoisotopic (exact) mass is 612 g/mol. The van der Waals surface area contributed by atoms with E-state index in [1.807, 2.05) is 13.8 Å². The van der Waals surface area contributed by atoms with E-state index in [0.29, 0.717) is 33.8 Å². The SMILES string of the molecule is COc1cc(/C=C2\C(=O)NC(=O)N(c3ccc(Br)cc3)C2=O)cc(Br)c1OCc1cc(C)cc(C)c1. The van der Waals surface area contributed by atoms with Gasteiger partial charge >= 0.3 is 6.03 Å². The molecule has 9 heteroatoms. The average molecular weight is 614 g/mol. The third-order valence-electron chi connectivity index (χ3n) is 5.41. The van der Waals surface area contributed by atoms with Crippen molar-refractivity contribution >= 4 is 61.5 Å². The predicted molar refractivity (Wildman–Crippen MR) is 144 cm³/mol. The molecule has 0 unspecified atom stereocenters. The maximum atomic E-state index is 13.2. The Hall–Kier alpha value is -3.43. The van der Waals surface area contributed by atoms with Crippen LogP contribution in [-0.2, 0) is 16.2 Å². The zero-order valence-electron chi connectivity index (χ0n) is 19.7. The van der Waals surface area contributed by atoms with Crippen LogP contribution in [0, 0.1) is 13.8 Å². The molecule has 36 heavy (non-hydrogen) atoms. The normalized spacial score (nSPS) is 14.8. The molecule has 3 aromatic carbocycles. The molecule has 0 spiro atoms. The molecule has 1 saturated heterocycles. The number of amides is 4. The van der Waals surface area contributed by atoms with Gasteiger partial charge in [0.15, 0.2) is 11.5 Å². The van der Waals surface area contributed by atoms with Gasteiger partial charge in [0.25, 0.3) is 11.8 Å². The summed E-state index contributed by atoms with van der Waals surface area (Å²) in [6.07, 6.45) is 1.41. The molecule has 0 bridgehead atoms. The Bertz CT molecular complexity index is 1380. The molecular formula is C27H22Br2N2O5. The second-order valence-electron chi connectivity index (χ2n) is 8.25. The number of urea groups is 1. The molecular weight excluding hydrogens is 592 g/mol. The molecule has 0 aromatic heterocycles. The minimum Gasteiger partial charge on any atom is -0.493 e. The molecule has 7 nitrogen and oxygen atoms in total. The van der Waals surface area contributed by atoms with Crippen molar-refractivity contribution in [2.45, 2.75) is 20.5 Å². The Morgan fingerprint density at radius 3 is 2.25 bits per heavy atom. The minimum atomic E-state index is -0.807. The fourth-order valence-corrected chi connectivity index (χ4v) is 4.76. The summed E-state index contributed by atoms with van der Waals surface area (Å²) in [6, 6.07) is 15.4. The standard InChI is InChI=1S/C27H22Br2N2O5/c1-15-8-16(2)10-18(9-15)14-36-24-22(29)12-17(13-23(24)35-3)11-21-25(32)30-27(34)31(26(21)33)20-6-4-19(28)5-7-20/h4-13H,14H2,1-3H3,(H,30,32,34)/b21-11+. The summed E-state index contributed by atoms with van der Waals surface area (Å²) in [6.45, 7) is 4.40. The highest BCUT2D eigenvalue weighted by Crippen LogP contribution is 2.38. The Morgan fingerprint density at radius 1 is 0.944 bits per heavy atom. The number of halogens is 2. The fourth-order valence-electron chi connectivity index (χ4n) is 3.92. The van der Waals surface area contributed by atoms with Crippen LogP contribution in [-0.4, -0.2) is 25.0 Å². The largest absolute Gasteiger partial charge is 0.493 e. The predicted octanol–water partition coefficient (Wildman–Crippen LogP) is 6.08. The van der Waals surface area contributed by atoms with E-state index in [1.54, 1.807) is 36.4 Å². The van der Waals surface area contributed by atoms with Crippen LogP contribution in [0.25, 0.3) is 6.08 Å². The fraction of sp³-hybridized carbons (Fsp3) is 0.148. The van der Waals surface area contributed by atoms with Gasteiger partial charge in [-0.15, -0.1) is 0 Å². The molecule has 0 aliphatic carbocycles. The Labute approximate surface area is 225 Å². The van der Waals surface area contributed by atoms with E-state index in [4.69, 9.17) is 9.47 Å². The summed E-state index contributed by atoms with van der Waals surface area (Å²) in [5, 5.41) is 2.22. The number of carbonyl (C=O) groups excluding carboxylic acids is 3. The van der Waals surface area contributed by atoms with Gasteiger partial charge in [-0.25, -0.2) is 9.69 Å². The first-order valence-electron chi connectivity index (χ1n) is 10.9. The number of rotatable bonds is 6. The first-order valence-corrected chi connectivity index (χ1v) is 12.5. The van der Waals surface area contributed by atoms with E-state index in [-0.39, 0.29) is 5.57 Å². The molecule has 0 saturated carbocycles. The van der Waals surface area contributed by atoms with E-state index in [1.165, 1.54) is 13.2 Å². The lowest BCUT2D eigenvalue weighted by atomic mass is 10.1. The summed E-state index contributed by atoms with van der Waals surface area (Å²) >= 11 is 6.84. The first kappa shape index (κ1) is 25.7. The van der Waals surface area contributed by atoms with Gasteiger partial charge < -0.3 is 9.47 Å². The van der Waals surface area contributed by atoms with Crippen molar-refractivity contribution in [3.63, 3.8) is 0 Å². The third-order valence-corrected chi connectivity index (χ3v) is 6.53. The van der Waals surface area contributed by atoms with Crippen molar-refractivity contribution in [2.24, 2.45) is 0 Å². The molecule has 1 aliphatic rings. The molecule has 1 N–H and O–H groups in total. The number of hydrogen-bond donors (Lipinski definition) is 1. The third kappa shape index (κ3) is 5.52. The Balaban J connectivity index is 1.63. The molecule has 1 fully saturated rings. The van der Waals surface area contributed by atoms with Crippen LogP contribution in [0.4, 0.5) is 10.5 Å². The van der Waals surface area contributed by atoms with Crippen molar-refractivity contribution in [2.75, 3.05) is 12.0 Å². The molecule has 0 atom stereocenters. The van der Waals surface area contributed by atoms with Gasteiger partial charge in [0, 0.05) is 4.47 Å². The van der Waals surface area contributed by atoms with Crippen molar-refractivity contribution < 1.29 is 23.9 Å². The number of ether oxygens (including phenoxy) is 2. The lowest BCUT2D eigenvalue weighted by Crippen LogP contribution is -2.54. The average Bonchev–Trinajstić information content (AvgIpc) is 2.81. The van der Waals surface area contributed by atoms with Crippen LogP contribution < -0.4 is 19.7 Å². The van der Waals surface area contributed by atoms with Crippen molar-refractivity contribution in [3.05, 3.63) is 91.4 Å². The maximum Gasteiger partial charge on any atom is 0.335 e. The molecule has 3 aromatic rings. The van der Waals surface area contributed by atoms with E-state index in [9.17, 15) is 14.4 Å². The number of barbiturate groups is 1. The second-order valence-corrected chi connectivity index (χ2v) is 10.0. The summed E-state index contributed by atoms with van der Waals surface area (Å²) in [7, 11) is 1.51. The van der Waals surface area contributed by atoms with Gasteiger partial charge in [0.05, 0.1) is 17.3 Å². The number of anilines is 1. The van der Waals surface area contributed by atoms with Crippen LogP contribution in [0.1, 0.15) is 22.3 Å². The number of imide groups is 2. The van der Waals surface area contributed by atoms with Crippen LogP contribution >= 0.6 is 31.9 Å². The van der Waals surface area contributed by atoms with Gasteiger partial charge in [0.2, 0.25) is 0 Å². The number of hydrogen-bond acceptors (Lipinski definition) is 5. The van der Waals surface area contributed by atoms with Crippen LogP contribution in [0.3, 0.4) is 0 Å². The van der Waals surface area contributed by atoms with E-state index >= 15 is 0 Å².